The number of benzene rings is 2. The zero-order valence-corrected chi connectivity index (χ0v) is 12.5. The highest BCUT2D eigenvalue weighted by molar-refractivity contribution is 7.89. The summed E-state index contributed by atoms with van der Waals surface area (Å²) in [4.78, 5) is 0.0794. The Morgan fingerprint density at radius 2 is 1.81 bits per heavy atom. The summed E-state index contributed by atoms with van der Waals surface area (Å²) < 4.78 is 39.1. The minimum Gasteiger partial charge on any atom is -0.397 e. The average Bonchev–Trinajstić information content (AvgIpc) is 2.45. The molecular weight excluding hydrogens is 293 g/mol. The van der Waals surface area contributed by atoms with Crippen molar-refractivity contribution in [1.82, 2.24) is 4.72 Å². The van der Waals surface area contributed by atoms with E-state index in [1.165, 1.54) is 37.4 Å². The number of sulfonamides is 1. The van der Waals surface area contributed by atoms with E-state index < -0.39 is 10.0 Å². The van der Waals surface area contributed by atoms with Crippen LogP contribution >= 0.6 is 0 Å². The first-order valence-corrected chi connectivity index (χ1v) is 7.68. The van der Waals surface area contributed by atoms with Crippen molar-refractivity contribution in [1.29, 1.82) is 0 Å². The number of nitrogens with two attached hydrogens (primary N) is 1. The van der Waals surface area contributed by atoms with Gasteiger partial charge in [-0.15, -0.1) is 0 Å². The Balaban J connectivity index is 2.45. The number of hydrogen-bond acceptors (Lipinski definition) is 4. The van der Waals surface area contributed by atoms with E-state index in [-0.39, 0.29) is 10.7 Å². The maximum Gasteiger partial charge on any atom is 0.240 e. The van der Waals surface area contributed by atoms with Crippen LogP contribution in [0.4, 0.5) is 21.5 Å². The van der Waals surface area contributed by atoms with Crippen molar-refractivity contribution in [2.24, 2.45) is 0 Å². The lowest BCUT2D eigenvalue weighted by molar-refractivity contribution is 0.588. The van der Waals surface area contributed by atoms with Gasteiger partial charge in [0.2, 0.25) is 10.0 Å². The Labute approximate surface area is 123 Å². The highest BCUT2D eigenvalue weighted by Crippen LogP contribution is 2.28. The smallest absolute Gasteiger partial charge is 0.240 e. The Morgan fingerprint density at radius 3 is 2.48 bits per heavy atom. The van der Waals surface area contributed by atoms with Gasteiger partial charge in [-0.3, -0.25) is 0 Å². The summed E-state index contributed by atoms with van der Waals surface area (Å²) in [6, 6.07) is 8.61. The van der Waals surface area contributed by atoms with E-state index >= 15 is 0 Å². The normalized spacial score (nSPS) is 11.4. The third kappa shape index (κ3) is 3.32. The lowest BCUT2D eigenvalue weighted by atomic mass is 10.2. The van der Waals surface area contributed by atoms with Crippen LogP contribution in [0.25, 0.3) is 0 Å². The number of nitrogens with one attached hydrogen (secondary N) is 2. The lowest BCUT2D eigenvalue weighted by Gasteiger charge is -2.13. The largest absolute Gasteiger partial charge is 0.397 e. The van der Waals surface area contributed by atoms with Crippen LogP contribution < -0.4 is 15.8 Å². The van der Waals surface area contributed by atoms with Crippen molar-refractivity contribution in [3.63, 3.8) is 0 Å². The average molecular weight is 309 g/mol. The predicted molar refractivity (Wildman–Crippen MR) is 81.5 cm³/mol. The van der Waals surface area contributed by atoms with Gasteiger partial charge in [-0.25, -0.2) is 17.5 Å². The molecule has 2 aromatic rings. The molecule has 0 atom stereocenters. The van der Waals surface area contributed by atoms with Gasteiger partial charge in [-0.05, 0) is 49.9 Å². The highest BCUT2D eigenvalue weighted by atomic mass is 32.2. The van der Waals surface area contributed by atoms with Gasteiger partial charge in [0.05, 0.1) is 16.3 Å². The topological polar surface area (TPSA) is 84.2 Å². The zero-order valence-electron chi connectivity index (χ0n) is 11.6. The Hall–Kier alpha value is -2.12. The summed E-state index contributed by atoms with van der Waals surface area (Å²) in [5.74, 6) is -0.388. The van der Waals surface area contributed by atoms with Crippen molar-refractivity contribution in [2.75, 3.05) is 18.1 Å². The molecule has 0 heterocycles. The van der Waals surface area contributed by atoms with E-state index in [0.717, 1.165) is 5.56 Å². The van der Waals surface area contributed by atoms with E-state index in [1.54, 1.807) is 6.07 Å². The van der Waals surface area contributed by atoms with Crippen LogP contribution in [0.5, 0.6) is 0 Å². The SMILES string of the molecule is CNS(=O)(=O)c1ccc(N)c(Nc2cc(F)ccc2C)c1. The van der Waals surface area contributed by atoms with Crippen LogP contribution in [-0.2, 0) is 10.0 Å². The first-order valence-electron chi connectivity index (χ1n) is 6.20. The molecule has 0 aliphatic heterocycles. The summed E-state index contributed by atoms with van der Waals surface area (Å²) >= 11 is 0. The molecule has 0 amide bonds. The zero-order chi connectivity index (χ0) is 15.6. The molecule has 2 aromatic carbocycles. The van der Waals surface area contributed by atoms with Gasteiger partial charge in [0.1, 0.15) is 5.82 Å². The maximum atomic E-state index is 13.3. The van der Waals surface area contributed by atoms with Crippen LogP contribution in [0.15, 0.2) is 41.3 Å². The number of aryl methyl sites for hydroxylation is 1. The maximum absolute atomic E-state index is 13.3. The van der Waals surface area contributed by atoms with Gasteiger partial charge in [0, 0.05) is 5.69 Å². The molecule has 7 heteroatoms. The van der Waals surface area contributed by atoms with E-state index in [9.17, 15) is 12.8 Å². The van der Waals surface area contributed by atoms with Crippen molar-refractivity contribution in [3.8, 4) is 0 Å². The third-order valence-corrected chi connectivity index (χ3v) is 4.48. The van der Waals surface area contributed by atoms with Crippen LogP contribution in [0, 0.1) is 12.7 Å². The van der Waals surface area contributed by atoms with Gasteiger partial charge in [0.25, 0.3) is 0 Å². The fraction of sp³-hybridized carbons (Fsp3) is 0.143. The second kappa shape index (κ2) is 5.71. The van der Waals surface area contributed by atoms with Gasteiger partial charge in [-0.2, -0.15) is 0 Å². The molecule has 0 saturated carbocycles. The second-order valence-corrected chi connectivity index (χ2v) is 6.43. The Kier molecular flexibility index (Phi) is 4.15. The predicted octanol–water partition coefficient (Wildman–Crippen LogP) is 2.37. The van der Waals surface area contributed by atoms with Gasteiger partial charge in [-0.1, -0.05) is 6.07 Å². The molecule has 0 aliphatic rings. The molecule has 0 spiro atoms. The molecule has 0 aromatic heterocycles. The van der Waals surface area contributed by atoms with Gasteiger partial charge < -0.3 is 11.1 Å². The molecule has 4 N–H and O–H groups in total. The molecule has 2 rings (SSSR count). The summed E-state index contributed by atoms with van der Waals surface area (Å²) in [7, 11) is -2.24. The molecule has 5 nitrogen and oxygen atoms in total. The van der Waals surface area contributed by atoms with Crippen LogP contribution in [0.3, 0.4) is 0 Å². The van der Waals surface area contributed by atoms with Crippen molar-refractivity contribution >= 4 is 27.1 Å². The molecule has 0 saturated heterocycles. The molecule has 0 bridgehead atoms. The van der Waals surface area contributed by atoms with Gasteiger partial charge >= 0.3 is 0 Å². The van der Waals surface area contributed by atoms with Crippen molar-refractivity contribution in [2.45, 2.75) is 11.8 Å². The van der Waals surface area contributed by atoms with Crippen LogP contribution in [0.2, 0.25) is 0 Å². The molecule has 112 valence electrons. The third-order valence-electron chi connectivity index (χ3n) is 3.07. The van der Waals surface area contributed by atoms with E-state index in [0.29, 0.717) is 17.1 Å². The summed E-state index contributed by atoms with van der Waals surface area (Å²) in [5.41, 5.74) is 7.96. The number of rotatable bonds is 4. The first kappa shape index (κ1) is 15.3. The quantitative estimate of drug-likeness (QED) is 0.757. The summed E-state index contributed by atoms with van der Waals surface area (Å²) in [6.45, 7) is 1.81. The fourth-order valence-corrected chi connectivity index (χ4v) is 2.56. The summed E-state index contributed by atoms with van der Waals surface area (Å²) in [5, 5.41) is 2.96. The fourth-order valence-electron chi connectivity index (χ4n) is 1.80. The lowest BCUT2D eigenvalue weighted by Crippen LogP contribution is -2.18. The Bertz CT molecular complexity index is 776. The Morgan fingerprint density at radius 1 is 1.10 bits per heavy atom. The van der Waals surface area contributed by atoms with Crippen LogP contribution in [0.1, 0.15) is 5.56 Å². The summed E-state index contributed by atoms with van der Waals surface area (Å²) in [6.07, 6.45) is 0. The molecular formula is C14H16FN3O2S. The van der Waals surface area contributed by atoms with Crippen molar-refractivity contribution in [3.05, 3.63) is 47.8 Å². The highest BCUT2D eigenvalue weighted by Gasteiger charge is 2.13. The van der Waals surface area contributed by atoms with Gasteiger partial charge in [0.15, 0.2) is 0 Å². The van der Waals surface area contributed by atoms with Crippen molar-refractivity contribution < 1.29 is 12.8 Å². The first-order chi connectivity index (χ1) is 9.83. The van der Waals surface area contributed by atoms with Crippen LogP contribution in [-0.4, -0.2) is 15.5 Å². The second-order valence-electron chi connectivity index (χ2n) is 4.54. The number of nitrogen functional groups attached to an aromatic ring is 1. The van der Waals surface area contributed by atoms with E-state index in [1.807, 2.05) is 6.92 Å². The molecule has 0 fully saturated rings. The number of halogens is 1. The monoisotopic (exact) mass is 309 g/mol. The molecule has 0 aliphatic carbocycles. The number of anilines is 3. The molecule has 21 heavy (non-hydrogen) atoms. The standard InChI is InChI=1S/C14H16FN3O2S/c1-9-3-4-10(15)7-13(9)18-14-8-11(5-6-12(14)16)21(19,20)17-2/h3-8,17-18H,16H2,1-2H3. The van der Waals surface area contributed by atoms with E-state index in [4.69, 9.17) is 5.73 Å². The number of hydrogen-bond donors (Lipinski definition) is 3. The van der Waals surface area contributed by atoms with E-state index in [2.05, 4.69) is 10.0 Å². The molecule has 0 unspecified atom stereocenters. The minimum absolute atomic E-state index is 0.0794. The minimum atomic E-state index is -3.57. The molecule has 0 radical (unpaired) electrons.